The molecule has 1 aromatic carbocycles. The fourth-order valence-electron chi connectivity index (χ4n) is 2.82. The summed E-state index contributed by atoms with van der Waals surface area (Å²) >= 11 is 1.37. The Balaban J connectivity index is 1.46. The van der Waals surface area contributed by atoms with E-state index >= 15 is 0 Å². The van der Waals surface area contributed by atoms with Gasteiger partial charge in [0.15, 0.2) is 0 Å². The highest BCUT2D eigenvalue weighted by Gasteiger charge is 2.17. The van der Waals surface area contributed by atoms with Gasteiger partial charge in [0.05, 0.1) is 4.88 Å². The molecule has 3 rings (SSSR count). The number of nitrogens with one attached hydrogen (secondary N) is 2. The van der Waals surface area contributed by atoms with Crippen LogP contribution in [-0.2, 0) is 4.79 Å². The minimum atomic E-state index is -0.227. The highest BCUT2D eigenvalue weighted by Crippen LogP contribution is 2.14. The van der Waals surface area contributed by atoms with Crippen molar-refractivity contribution in [3.8, 4) is 0 Å². The number of hydrogen-bond acceptors (Lipinski definition) is 4. The molecule has 0 unspecified atom stereocenters. The molecule has 2 heterocycles. The van der Waals surface area contributed by atoms with Gasteiger partial charge in [-0.15, -0.1) is 11.3 Å². The van der Waals surface area contributed by atoms with Crippen molar-refractivity contribution in [2.24, 2.45) is 0 Å². The quantitative estimate of drug-likeness (QED) is 0.819. The molecular weight excluding hydrogens is 350 g/mol. The lowest BCUT2D eigenvalue weighted by atomic mass is 10.2. The molecule has 7 heteroatoms. The fourth-order valence-corrected chi connectivity index (χ4v) is 3.43. The van der Waals surface area contributed by atoms with Crippen molar-refractivity contribution in [1.29, 1.82) is 0 Å². The molecule has 26 heavy (non-hydrogen) atoms. The van der Waals surface area contributed by atoms with Crippen LogP contribution in [0, 0.1) is 0 Å². The lowest BCUT2D eigenvalue weighted by molar-refractivity contribution is -0.129. The van der Waals surface area contributed by atoms with Gasteiger partial charge in [0.2, 0.25) is 5.91 Å². The zero-order chi connectivity index (χ0) is 18.4. The van der Waals surface area contributed by atoms with E-state index in [0.717, 1.165) is 25.9 Å². The summed E-state index contributed by atoms with van der Waals surface area (Å²) in [7, 11) is 0. The Kier molecular flexibility index (Phi) is 6.01. The van der Waals surface area contributed by atoms with Gasteiger partial charge in [0, 0.05) is 37.3 Å². The third-order valence-electron chi connectivity index (χ3n) is 4.23. The van der Waals surface area contributed by atoms with Crippen LogP contribution in [-0.4, -0.2) is 42.3 Å². The summed E-state index contributed by atoms with van der Waals surface area (Å²) < 4.78 is 0. The molecule has 0 saturated carbocycles. The van der Waals surface area contributed by atoms with Crippen molar-refractivity contribution in [2.45, 2.75) is 19.3 Å². The third-order valence-corrected chi connectivity index (χ3v) is 5.10. The number of rotatable bonds is 6. The predicted molar refractivity (Wildman–Crippen MR) is 101 cm³/mol. The van der Waals surface area contributed by atoms with Crippen molar-refractivity contribution in [3.05, 3.63) is 52.2 Å². The fraction of sp³-hybridized carbons (Fsp3) is 0.316. The zero-order valence-corrected chi connectivity index (χ0v) is 15.2. The first-order valence-corrected chi connectivity index (χ1v) is 9.52. The van der Waals surface area contributed by atoms with Gasteiger partial charge in [-0.05, 0) is 48.6 Å². The Hall–Kier alpha value is -2.67. The Morgan fingerprint density at radius 2 is 1.73 bits per heavy atom. The number of likely N-dealkylation sites (tertiary alicyclic amines) is 1. The number of carbonyl (C=O) groups is 3. The van der Waals surface area contributed by atoms with Crippen LogP contribution < -0.4 is 10.6 Å². The molecular formula is C19H21N3O3S. The molecule has 0 radical (unpaired) electrons. The van der Waals surface area contributed by atoms with Crippen LogP contribution in [0.2, 0.25) is 0 Å². The average molecular weight is 371 g/mol. The van der Waals surface area contributed by atoms with Crippen LogP contribution in [0.3, 0.4) is 0 Å². The molecule has 0 aliphatic carbocycles. The summed E-state index contributed by atoms with van der Waals surface area (Å²) in [5, 5.41) is 7.40. The second-order valence-electron chi connectivity index (χ2n) is 6.10. The van der Waals surface area contributed by atoms with E-state index in [9.17, 15) is 14.4 Å². The van der Waals surface area contributed by atoms with E-state index in [1.807, 2.05) is 16.3 Å². The highest BCUT2D eigenvalue weighted by atomic mass is 32.1. The van der Waals surface area contributed by atoms with Gasteiger partial charge in [-0.25, -0.2) is 0 Å². The van der Waals surface area contributed by atoms with Crippen molar-refractivity contribution in [1.82, 2.24) is 10.2 Å². The van der Waals surface area contributed by atoms with E-state index in [1.54, 1.807) is 30.3 Å². The van der Waals surface area contributed by atoms with Crippen LogP contribution in [0.5, 0.6) is 0 Å². The molecule has 1 aliphatic heterocycles. The first-order chi connectivity index (χ1) is 12.6. The van der Waals surface area contributed by atoms with Crippen LogP contribution in [0.4, 0.5) is 5.69 Å². The minimum absolute atomic E-state index is 0.0921. The second-order valence-corrected chi connectivity index (χ2v) is 7.05. The van der Waals surface area contributed by atoms with Crippen LogP contribution in [0.1, 0.15) is 39.3 Å². The predicted octanol–water partition coefficient (Wildman–Crippen LogP) is 2.74. The lowest BCUT2D eigenvalue weighted by Gasteiger charge is -2.15. The number of benzene rings is 1. The molecule has 0 bridgehead atoms. The van der Waals surface area contributed by atoms with Gasteiger partial charge in [-0.3, -0.25) is 14.4 Å². The summed E-state index contributed by atoms with van der Waals surface area (Å²) in [6.45, 7) is 1.97. The van der Waals surface area contributed by atoms with E-state index in [4.69, 9.17) is 0 Å². The van der Waals surface area contributed by atoms with E-state index in [-0.39, 0.29) is 17.7 Å². The zero-order valence-electron chi connectivity index (χ0n) is 14.4. The largest absolute Gasteiger partial charge is 0.352 e. The van der Waals surface area contributed by atoms with Gasteiger partial charge in [0.25, 0.3) is 11.8 Å². The molecule has 2 N–H and O–H groups in total. The Labute approximate surface area is 156 Å². The topological polar surface area (TPSA) is 78.5 Å². The monoisotopic (exact) mass is 371 g/mol. The van der Waals surface area contributed by atoms with Crippen LogP contribution >= 0.6 is 11.3 Å². The normalized spacial score (nSPS) is 13.5. The van der Waals surface area contributed by atoms with Crippen molar-refractivity contribution in [2.75, 3.05) is 25.0 Å². The number of carbonyl (C=O) groups excluding carboxylic acids is 3. The van der Waals surface area contributed by atoms with Crippen LogP contribution in [0.25, 0.3) is 0 Å². The van der Waals surface area contributed by atoms with E-state index in [0.29, 0.717) is 29.1 Å². The standard InChI is InChI=1S/C19H21N3O3S/c23-17(22-11-1-2-12-22)9-10-20-18(24)14-5-7-15(8-6-14)21-19(25)16-4-3-13-26-16/h3-8,13H,1-2,9-12H2,(H,20,24)(H,21,25). The smallest absolute Gasteiger partial charge is 0.265 e. The summed E-state index contributed by atoms with van der Waals surface area (Å²) in [6, 6.07) is 10.3. The van der Waals surface area contributed by atoms with Crippen LogP contribution in [0.15, 0.2) is 41.8 Å². The summed E-state index contributed by atoms with van der Waals surface area (Å²) in [4.78, 5) is 38.6. The first-order valence-electron chi connectivity index (χ1n) is 8.64. The Morgan fingerprint density at radius 3 is 2.38 bits per heavy atom. The molecule has 1 saturated heterocycles. The number of amides is 3. The third kappa shape index (κ3) is 4.70. The number of anilines is 1. The first kappa shape index (κ1) is 18.1. The second kappa shape index (κ2) is 8.62. The molecule has 3 amide bonds. The average Bonchev–Trinajstić information content (AvgIpc) is 3.36. The minimum Gasteiger partial charge on any atom is -0.352 e. The van der Waals surface area contributed by atoms with E-state index in [2.05, 4.69) is 10.6 Å². The highest BCUT2D eigenvalue weighted by molar-refractivity contribution is 7.12. The maximum Gasteiger partial charge on any atom is 0.265 e. The number of hydrogen-bond donors (Lipinski definition) is 2. The lowest BCUT2D eigenvalue weighted by Crippen LogP contribution is -2.32. The summed E-state index contributed by atoms with van der Waals surface area (Å²) in [5.41, 5.74) is 1.12. The van der Waals surface area contributed by atoms with Gasteiger partial charge in [0.1, 0.15) is 0 Å². The maximum absolute atomic E-state index is 12.1. The van der Waals surface area contributed by atoms with Crippen molar-refractivity contribution in [3.63, 3.8) is 0 Å². The number of nitrogens with zero attached hydrogens (tertiary/aromatic N) is 1. The summed E-state index contributed by atoms with van der Waals surface area (Å²) in [6.07, 6.45) is 2.45. The molecule has 2 aromatic rings. The van der Waals surface area contributed by atoms with E-state index < -0.39 is 0 Å². The van der Waals surface area contributed by atoms with Crippen molar-refractivity contribution < 1.29 is 14.4 Å². The summed E-state index contributed by atoms with van der Waals surface area (Å²) in [5.74, 6) is -0.303. The number of thiophene rings is 1. The van der Waals surface area contributed by atoms with Gasteiger partial charge >= 0.3 is 0 Å². The van der Waals surface area contributed by atoms with Gasteiger partial charge in [-0.2, -0.15) is 0 Å². The maximum atomic E-state index is 12.1. The molecule has 0 spiro atoms. The Morgan fingerprint density at radius 1 is 1.00 bits per heavy atom. The van der Waals surface area contributed by atoms with Crippen molar-refractivity contribution >= 4 is 34.7 Å². The molecule has 1 aliphatic rings. The molecule has 1 aromatic heterocycles. The van der Waals surface area contributed by atoms with Gasteiger partial charge < -0.3 is 15.5 Å². The SMILES string of the molecule is O=C(NCCC(=O)N1CCCC1)c1ccc(NC(=O)c2cccs2)cc1. The van der Waals surface area contributed by atoms with Gasteiger partial charge in [-0.1, -0.05) is 6.07 Å². The molecule has 0 atom stereocenters. The molecule has 1 fully saturated rings. The molecule has 6 nitrogen and oxygen atoms in total. The molecule has 136 valence electrons. The van der Waals surface area contributed by atoms with E-state index in [1.165, 1.54) is 11.3 Å². The Bertz CT molecular complexity index is 766.